The summed E-state index contributed by atoms with van der Waals surface area (Å²) < 4.78 is 0. The zero-order valence-electron chi connectivity index (χ0n) is 10.9. The van der Waals surface area contributed by atoms with Crippen LogP contribution in [0.2, 0.25) is 0 Å². The first kappa shape index (κ1) is 13.1. The molecule has 0 saturated carbocycles. The van der Waals surface area contributed by atoms with Crippen molar-refractivity contribution < 1.29 is 9.90 Å². The molecule has 0 amide bonds. The summed E-state index contributed by atoms with van der Waals surface area (Å²) in [6, 6.07) is 1.86. The Bertz CT molecular complexity index is 611. The number of carboxylic acids is 1. The molecule has 0 unspecified atom stereocenters. The molecule has 0 saturated heterocycles. The Morgan fingerprint density at radius 1 is 1.26 bits per heavy atom. The van der Waals surface area contributed by atoms with E-state index in [4.69, 9.17) is 5.11 Å². The fraction of sp³-hybridized carbons (Fsp3) is 0.286. The van der Waals surface area contributed by atoms with Crippen LogP contribution in [0, 0.1) is 0 Å². The van der Waals surface area contributed by atoms with Crippen molar-refractivity contribution in [3.8, 4) is 11.4 Å². The van der Waals surface area contributed by atoms with Crippen molar-refractivity contribution in [2.75, 3.05) is 0 Å². The summed E-state index contributed by atoms with van der Waals surface area (Å²) in [5.41, 5.74) is 2.67. The van der Waals surface area contributed by atoms with E-state index in [1.807, 2.05) is 19.9 Å². The summed E-state index contributed by atoms with van der Waals surface area (Å²) in [6.45, 7) is 3.92. The topological polar surface area (TPSA) is 76.0 Å². The van der Waals surface area contributed by atoms with Gasteiger partial charge in [0.2, 0.25) is 0 Å². The zero-order valence-corrected chi connectivity index (χ0v) is 10.9. The number of pyridine rings is 1. The molecular formula is C14H15N3O2. The first-order chi connectivity index (χ1) is 9.17. The van der Waals surface area contributed by atoms with Gasteiger partial charge in [0.25, 0.3) is 0 Å². The first-order valence-electron chi connectivity index (χ1n) is 6.19. The highest BCUT2D eigenvalue weighted by Gasteiger charge is 2.14. The smallest absolute Gasteiger partial charge is 0.339 e. The molecule has 0 bridgehead atoms. The van der Waals surface area contributed by atoms with Gasteiger partial charge in [0.1, 0.15) is 0 Å². The van der Waals surface area contributed by atoms with Crippen LogP contribution in [0.5, 0.6) is 0 Å². The Kier molecular flexibility index (Phi) is 3.85. The first-order valence-corrected chi connectivity index (χ1v) is 6.19. The molecule has 0 aliphatic carbocycles. The van der Waals surface area contributed by atoms with Crippen LogP contribution in [-0.2, 0) is 12.8 Å². The minimum atomic E-state index is -0.992. The van der Waals surface area contributed by atoms with Crippen LogP contribution in [0.15, 0.2) is 24.7 Å². The lowest BCUT2D eigenvalue weighted by atomic mass is 10.1. The molecule has 5 heteroatoms. The molecule has 0 aliphatic rings. The highest BCUT2D eigenvalue weighted by atomic mass is 16.4. The fourth-order valence-corrected chi connectivity index (χ4v) is 1.92. The molecule has 0 aliphatic heterocycles. The zero-order chi connectivity index (χ0) is 13.8. The van der Waals surface area contributed by atoms with Crippen LogP contribution < -0.4 is 0 Å². The standard InChI is InChI=1S/C14H15N3O2/c1-3-9-7-15-6-5-10(9)13-16-8-11(14(18)19)12(4-2)17-13/h5-8H,3-4H2,1-2H3,(H,18,19). The van der Waals surface area contributed by atoms with E-state index < -0.39 is 5.97 Å². The highest BCUT2D eigenvalue weighted by molar-refractivity contribution is 5.88. The van der Waals surface area contributed by atoms with Gasteiger partial charge in [0, 0.05) is 24.2 Å². The summed E-state index contributed by atoms with van der Waals surface area (Å²) in [4.78, 5) is 23.7. The molecule has 98 valence electrons. The molecule has 0 atom stereocenters. The van der Waals surface area contributed by atoms with Crippen molar-refractivity contribution in [1.29, 1.82) is 0 Å². The van der Waals surface area contributed by atoms with Crippen LogP contribution >= 0.6 is 0 Å². The van der Waals surface area contributed by atoms with E-state index in [0.717, 1.165) is 17.5 Å². The predicted octanol–water partition coefficient (Wildman–Crippen LogP) is 2.36. The molecule has 0 fully saturated rings. The quantitative estimate of drug-likeness (QED) is 0.909. The molecule has 2 aromatic rings. The van der Waals surface area contributed by atoms with E-state index in [0.29, 0.717) is 17.9 Å². The van der Waals surface area contributed by atoms with Crippen LogP contribution in [0.1, 0.15) is 35.5 Å². The van der Waals surface area contributed by atoms with Gasteiger partial charge in [-0.3, -0.25) is 4.98 Å². The van der Waals surface area contributed by atoms with Crippen LogP contribution in [0.25, 0.3) is 11.4 Å². The number of carbonyl (C=O) groups is 1. The lowest BCUT2D eigenvalue weighted by Gasteiger charge is -2.08. The minimum Gasteiger partial charge on any atom is -0.478 e. The van der Waals surface area contributed by atoms with Gasteiger partial charge in [-0.2, -0.15) is 0 Å². The van der Waals surface area contributed by atoms with Crippen molar-refractivity contribution in [3.63, 3.8) is 0 Å². The van der Waals surface area contributed by atoms with Crippen molar-refractivity contribution in [2.24, 2.45) is 0 Å². The Morgan fingerprint density at radius 3 is 2.68 bits per heavy atom. The third-order valence-corrected chi connectivity index (χ3v) is 2.96. The minimum absolute atomic E-state index is 0.165. The number of hydrogen-bond donors (Lipinski definition) is 1. The summed E-state index contributed by atoms with van der Waals surface area (Å²) >= 11 is 0. The van der Waals surface area contributed by atoms with Crippen LogP contribution in [-0.4, -0.2) is 26.0 Å². The third-order valence-electron chi connectivity index (χ3n) is 2.96. The Hall–Kier alpha value is -2.30. The summed E-state index contributed by atoms with van der Waals surface area (Å²) in [7, 11) is 0. The maximum absolute atomic E-state index is 11.1. The second kappa shape index (κ2) is 5.56. The van der Waals surface area contributed by atoms with Crippen molar-refractivity contribution in [3.05, 3.63) is 41.5 Å². The lowest BCUT2D eigenvalue weighted by Crippen LogP contribution is -2.07. The number of nitrogens with zero attached hydrogens (tertiary/aromatic N) is 3. The molecule has 2 rings (SSSR count). The number of aromatic carboxylic acids is 1. The van der Waals surface area contributed by atoms with Gasteiger partial charge in [0.15, 0.2) is 5.82 Å². The summed E-state index contributed by atoms with van der Waals surface area (Å²) in [5, 5.41) is 9.07. The monoisotopic (exact) mass is 257 g/mol. The van der Waals surface area contributed by atoms with Gasteiger partial charge >= 0.3 is 5.97 Å². The maximum atomic E-state index is 11.1. The van der Waals surface area contributed by atoms with Gasteiger partial charge < -0.3 is 5.11 Å². The van der Waals surface area contributed by atoms with E-state index in [9.17, 15) is 4.79 Å². The second-order valence-electron chi connectivity index (χ2n) is 4.10. The van der Waals surface area contributed by atoms with Crippen molar-refractivity contribution in [2.45, 2.75) is 26.7 Å². The molecule has 1 N–H and O–H groups in total. The van der Waals surface area contributed by atoms with E-state index in [-0.39, 0.29) is 5.56 Å². The number of hydrogen-bond acceptors (Lipinski definition) is 4. The Labute approximate surface area is 111 Å². The summed E-state index contributed by atoms with van der Waals surface area (Å²) in [6.07, 6.45) is 6.24. The molecule has 19 heavy (non-hydrogen) atoms. The predicted molar refractivity (Wildman–Crippen MR) is 71.0 cm³/mol. The average Bonchev–Trinajstić information content (AvgIpc) is 2.46. The second-order valence-corrected chi connectivity index (χ2v) is 4.10. The fourth-order valence-electron chi connectivity index (χ4n) is 1.92. The van der Waals surface area contributed by atoms with Crippen LogP contribution in [0.3, 0.4) is 0 Å². The van der Waals surface area contributed by atoms with Gasteiger partial charge in [-0.15, -0.1) is 0 Å². The molecular weight excluding hydrogens is 242 g/mol. The van der Waals surface area contributed by atoms with Gasteiger partial charge in [-0.05, 0) is 24.5 Å². The lowest BCUT2D eigenvalue weighted by molar-refractivity contribution is 0.0694. The van der Waals surface area contributed by atoms with Gasteiger partial charge in [-0.25, -0.2) is 14.8 Å². The summed E-state index contributed by atoms with van der Waals surface area (Å²) in [5.74, 6) is -0.435. The Morgan fingerprint density at radius 2 is 2.05 bits per heavy atom. The SMILES string of the molecule is CCc1cnccc1-c1ncc(C(=O)O)c(CC)n1. The van der Waals surface area contributed by atoms with E-state index in [2.05, 4.69) is 15.0 Å². The molecule has 2 aromatic heterocycles. The highest BCUT2D eigenvalue weighted by Crippen LogP contribution is 2.21. The number of rotatable bonds is 4. The van der Waals surface area contributed by atoms with Crippen LogP contribution in [0.4, 0.5) is 0 Å². The van der Waals surface area contributed by atoms with E-state index in [1.165, 1.54) is 6.20 Å². The molecule has 0 aromatic carbocycles. The molecule has 5 nitrogen and oxygen atoms in total. The van der Waals surface area contributed by atoms with Gasteiger partial charge in [0.05, 0.1) is 11.3 Å². The Balaban J connectivity index is 2.55. The van der Waals surface area contributed by atoms with Gasteiger partial charge in [-0.1, -0.05) is 13.8 Å². The number of carboxylic acid groups (broad SMARTS) is 1. The largest absolute Gasteiger partial charge is 0.478 e. The normalized spacial score (nSPS) is 10.4. The van der Waals surface area contributed by atoms with Crippen molar-refractivity contribution >= 4 is 5.97 Å². The number of aromatic nitrogens is 3. The van der Waals surface area contributed by atoms with Crippen molar-refractivity contribution in [1.82, 2.24) is 15.0 Å². The van der Waals surface area contributed by atoms with E-state index >= 15 is 0 Å². The maximum Gasteiger partial charge on any atom is 0.339 e. The number of aryl methyl sites for hydroxylation is 2. The van der Waals surface area contributed by atoms with E-state index in [1.54, 1.807) is 12.4 Å². The third kappa shape index (κ3) is 2.59. The average molecular weight is 257 g/mol. The molecule has 2 heterocycles. The molecule has 0 spiro atoms. The molecule has 0 radical (unpaired) electrons.